The van der Waals surface area contributed by atoms with Crippen molar-refractivity contribution in [3.05, 3.63) is 36.3 Å². The third-order valence-electron chi connectivity index (χ3n) is 2.70. The van der Waals surface area contributed by atoms with Crippen molar-refractivity contribution in [1.82, 2.24) is 20.5 Å². The Morgan fingerprint density at radius 2 is 2.10 bits per heavy atom. The van der Waals surface area contributed by atoms with E-state index in [0.29, 0.717) is 17.5 Å². The normalized spacial score (nSPS) is 12.2. The van der Waals surface area contributed by atoms with Crippen molar-refractivity contribution in [2.75, 3.05) is 6.61 Å². The molecule has 2 heterocycles. The minimum atomic E-state index is -0.366. The lowest BCUT2D eigenvalue weighted by molar-refractivity contribution is -0.123. The molecule has 0 spiro atoms. The molecule has 1 N–H and O–H groups in total. The summed E-state index contributed by atoms with van der Waals surface area (Å²) < 4.78 is 10.8. The number of pyridine rings is 1. The molecule has 0 aliphatic heterocycles. The highest BCUT2D eigenvalue weighted by atomic mass is 16.5. The van der Waals surface area contributed by atoms with Crippen LogP contribution in [0.1, 0.15) is 44.5 Å². The van der Waals surface area contributed by atoms with Crippen LogP contribution in [-0.2, 0) is 4.79 Å². The Hall–Kier alpha value is -2.44. The minimum Gasteiger partial charge on any atom is -0.482 e. The lowest BCUT2D eigenvalue weighted by Gasteiger charge is -2.10. The summed E-state index contributed by atoms with van der Waals surface area (Å²) in [6.45, 7) is 5.60. The maximum absolute atomic E-state index is 11.8. The fourth-order valence-corrected chi connectivity index (χ4v) is 1.58. The fourth-order valence-electron chi connectivity index (χ4n) is 1.58. The van der Waals surface area contributed by atoms with E-state index in [0.717, 1.165) is 0 Å². The molecule has 0 bridgehead atoms. The van der Waals surface area contributed by atoms with E-state index < -0.39 is 0 Å². The van der Waals surface area contributed by atoms with E-state index in [-0.39, 0.29) is 24.5 Å². The summed E-state index contributed by atoms with van der Waals surface area (Å²) in [5.41, 5.74) is 0. The average molecular weight is 290 g/mol. The zero-order valence-electron chi connectivity index (χ0n) is 12.2. The van der Waals surface area contributed by atoms with Crippen molar-refractivity contribution < 1.29 is 13.9 Å². The third-order valence-corrected chi connectivity index (χ3v) is 2.70. The van der Waals surface area contributed by atoms with E-state index in [2.05, 4.69) is 20.5 Å². The summed E-state index contributed by atoms with van der Waals surface area (Å²) in [7, 11) is 0. The Morgan fingerprint density at radius 1 is 1.33 bits per heavy atom. The second-order valence-corrected chi connectivity index (χ2v) is 4.90. The molecule has 112 valence electrons. The molecule has 1 unspecified atom stereocenters. The second-order valence-electron chi connectivity index (χ2n) is 4.90. The Kier molecular flexibility index (Phi) is 4.86. The monoisotopic (exact) mass is 290 g/mol. The Balaban J connectivity index is 1.84. The van der Waals surface area contributed by atoms with Crippen LogP contribution in [0.4, 0.5) is 0 Å². The molecule has 1 amide bonds. The number of nitrogens with one attached hydrogen (secondary N) is 1. The summed E-state index contributed by atoms with van der Waals surface area (Å²) in [5.74, 6) is 1.37. The van der Waals surface area contributed by atoms with Gasteiger partial charge in [-0.2, -0.15) is 0 Å². The maximum atomic E-state index is 11.8. The van der Waals surface area contributed by atoms with Gasteiger partial charge in [0.25, 0.3) is 5.91 Å². The third kappa shape index (κ3) is 4.27. The molecule has 1 atom stereocenters. The Labute approximate surface area is 122 Å². The summed E-state index contributed by atoms with van der Waals surface area (Å²) in [6, 6.07) is 3.10. The van der Waals surface area contributed by atoms with Crippen LogP contribution in [0.2, 0.25) is 0 Å². The maximum Gasteiger partial charge on any atom is 0.258 e. The molecule has 2 rings (SSSR count). The van der Waals surface area contributed by atoms with Crippen LogP contribution in [0.5, 0.6) is 5.75 Å². The summed E-state index contributed by atoms with van der Waals surface area (Å²) >= 11 is 0. The van der Waals surface area contributed by atoms with Crippen LogP contribution in [-0.4, -0.2) is 27.7 Å². The molecule has 7 heteroatoms. The van der Waals surface area contributed by atoms with Gasteiger partial charge in [-0.15, -0.1) is 10.2 Å². The first-order valence-corrected chi connectivity index (χ1v) is 6.71. The first-order chi connectivity index (χ1) is 10.1. The highest BCUT2D eigenvalue weighted by Crippen LogP contribution is 2.16. The zero-order chi connectivity index (χ0) is 15.2. The molecule has 0 saturated heterocycles. The lowest BCUT2D eigenvalue weighted by Crippen LogP contribution is -2.31. The molecule has 21 heavy (non-hydrogen) atoms. The number of amides is 1. The molecule has 2 aromatic rings. The van der Waals surface area contributed by atoms with Crippen molar-refractivity contribution in [2.45, 2.75) is 32.7 Å². The van der Waals surface area contributed by atoms with Crippen LogP contribution in [0.15, 0.2) is 28.9 Å². The van der Waals surface area contributed by atoms with Gasteiger partial charge in [-0.1, -0.05) is 13.8 Å². The van der Waals surface area contributed by atoms with Gasteiger partial charge in [-0.25, -0.2) is 0 Å². The van der Waals surface area contributed by atoms with E-state index in [9.17, 15) is 4.79 Å². The number of hydrogen-bond acceptors (Lipinski definition) is 6. The van der Waals surface area contributed by atoms with Gasteiger partial charge in [0, 0.05) is 12.1 Å². The molecule has 0 aliphatic carbocycles. The predicted octanol–water partition coefficient (Wildman–Crippen LogP) is 1.84. The smallest absolute Gasteiger partial charge is 0.258 e. The molecule has 0 saturated carbocycles. The molecular formula is C14H18N4O3. The quantitative estimate of drug-likeness (QED) is 0.873. The average Bonchev–Trinajstić information content (AvgIpc) is 2.96. The number of aromatic nitrogens is 3. The summed E-state index contributed by atoms with van der Waals surface area (Å²) in [4.78, 5) is 15.7. The van der Waals surface area contributed by atoms with Gasteiger partial charge in [0.2, 0.25) is 11.8 Å². The number of carbonyl (C=O) groups is 1. The zero-order valence-corrected chi connectivity index (χ0v) is 12.2. The number of nitrogens with zero attached hydrogens (tertiary/aromatic N) is 3. The van der Waals surface area contributed by atoms with Crippen molar-refractivity contribution in [1.29, 1.82) is 0 Å². The van der Waals surface area contributed by atoms with Gasteiger partial charge >= 0.3 is 0 Å². The van der Waals surface area contributed by atoms with Crippen LogP contribution < -0.4 is 10.1 Å². The molecule has 2 aromatic heterocycles. The number of rotatable bonds is 6. The van der Waals surface area contributed by atoms with Crippen LogP contribution in [0, 0.1) is 0 Å². The molecule has 7 nitrogen and oxygen atoms in total. The predicted molar refractivity (Wildman–Crippen MR) is 74.7 cm³/mol. The summed E-state index contributed by atoms with van der Waals surface area (Å²) in [5, 5.41) is 10.6. The first kappa shape index (κ1) is 15.0. The van der Waals surface area contributed by atoms with Gasteiger partial charge in [-0.3, -0.25) is 9.78 Å². The Bertz CT molecular complexity index is 583. The van der Waals surface area contributed by atoms with Crippen LogP contribution >= 0.6 is 0 Å². The van der Waals surface area contributed by atoms with E-state index in [4.69, 9.17) is 9.15 Å². The molecule has 0 aliphatic rings. The topological polar surface area (TPSA) is 90.1 Å². The van der Waals surface area contributed by atoms with E-state index in [1.165, 1.54) is 0 Å². The number of carbonyl (C=O) groups excluding carboxylic acids is 1. The minimum absolute atomic E-state index is 0.0960. The van der Waals surface area contributed by atoms with E-state index in [1.54, 1.807) is 31.5 Å². The van der Waals surface area contributed by atoms with Crippen molar-refractivity contribution in [2.24, 2.45) is 0 Å². The van der Waals surface area contributed by atoms with Crippen LogP contribution in [0.3, 0.4) is 0 Å². The highest BCUT2D eigenvalue weighted by Gasteiger charge is 2.17. The number of ether oxygens (including phenoxy) is 1. The molecular weight excluding hydrogens is 272 g/mol. The van der Waals surface area contributed by atoms with Gasteiger partial charge in [-0.05, 0) is 19.1 Å². The van der Waals surface area contributed by atoms with Crippen molar-refractivity contribution in [3.63, 3.8) is 0 Å². The van der Waals surface area contributed by atoms with E-state index in [1.807, 2.05) is 13.8 Å². The first-order valence-electron chi connectivity index (χ1n) is 6.71. The van der Waals surface area contributed by atoms with Gasteiger partial charge in [0.15, 0.2) is 6.61 Å². The largest absolute Gasteiger partial charge is 0.482 e. The van der Waals surface area contributed by atoms with Crippen LogP contribution in [0.25, 0.3) is 0 Å². The van der Waals surface area contributed by atoms with E-state index >= 15 is 0 Å². The van der Waals surface area contributed by atoms with Gasteiger partial charge in [0.1, 0.15) is 11.8 Å². The van der Waals surface area contributed by atoms with Crippen molar-refractivity contribution in [3.8, 4) is 5.75 Å². The molecule has 0 aromatic carbocycles. The standard InChI is InChI=1S/C14H18N4O3/c1-9(2)13-17-18-14(21-13)10(3)16-12(19)8-20-11-5-4-6-15-7-11/h4-7,9-10H,8H2,1-3H3,(H,16,19). The SMILES string of the molecule is CC(C)c1nnc(C(C)NC(=O)COc2cccnc2)o1. The molecule has 0 radical (unpaired) electrons. The number of hydrogen-bond donors (Lipinski definition) is 1. The summed E-state index contributed by atoms with van der Waals surface area (Å²) in [6.07, 6.45) is 3.18. The Morgan fingerprint density at radius 3 is 2.71 bits per heavy atom. The highest BCUT2D eigenvalue weighted by molar-refractivity contribution is 5.77. The van der Waals surface area contributed by atoms with Gasteiger partial charge in [0.05, 0.1) is 6.20 Å². The van der Waals surface area contributed by atoms with Gasteiger partial charge < -0.3 is 14.5 Å². The second kappa shape index (κ2) is 6.83. The fraction of sp³-hybridized carbons (Fsp3) is 0.429. The lowest BCUT2D eigenvalue weighted by atomic mass is 10.2. The van der Waals surface area contributed by atoms with Crippen molar-refractivity contribution >= 4 is 5.91 Å². The molecule has 0 fully saturated rings.